The highest BCUT2D eigenvalue weighted by Crippen LogP contribution is 2.12. The summed E-state index contributed by atoms with van der Waals surface area (Å²) in [6.07, 6.45) is 5.02. The summed E-state index contributed by atoms with van der Waals surface area (Å²) in [5.74, 6) is -0.126. The number of aromatic nitrogens is 4. The average molecular weight is 280 g/mol. The first-order valence-corrected chi connectivity index (χ1v) is 6.85. The van der Waals surface area contributed by atoms with Crippen molar-refractivity contribution < 1.29 is 4.79 Å². The predicted molar refractivity (Wildman–Crippen MR) is 72.9 cm³/mol. The molecule has 2 aromatic heterocycles. The van der Waals surface area contributed by atoms with Crippen LogP contribution in [0.4, 0.5) is 5.69 Å². The number of carbonyl (C=O) groups excluding carboxylic acids is 1. The molecule has 0 fully saturated rings. The lowest BCUT2D eigenvalue weighted by molar-refractivity contribution is 0.0955. The summed E-state index contributed by atoms with van der Waals surface area (Å²) in [7, 11) is 0. The number of nitrogens with zero attached hydrogens (tertiary/aromatic N) is 4. The quantitative estimate of drug-likeness (QED) is 0.811. The third kappa shape index (κ3) is 3.50. The molecule has 8 heteroatoms. The Hall–Kier alpha value is -1.96. The third-order valence-electron chi connectivity index (χ3n) is 2.53. The van der Waals surface area contributed by atoms with Gasteiger partial charge in [-0.1, -0.05) is 17.8 Å². The van der Waals surface area contributed by atoms with Crippen molar-refractivity contribution in [2.24, 2.45) is 0 Å². The summed E-state index contributed by atoms with van der Waals surface area (Å²) in [5, 5.41) is 10.8. The lowest BCUT2D eigenvalue weighted by Crippen LogP contribution is -2.27. The van der Waals surface area contributed by atoms with Crippen LogP contribution in [0.1, 0.15) is 28.7 Å². The minimum Gasteiger partial charge on any atom is -0.396 e. The fourth-order valence-corrected chi connectivity index (χ4v) is 2.27. The lowest BCUT2D eigenvalue weighted by Gasteiger charge is -2.04. The largest absolute Gasteiger partial charge is 0.396 e. The van der Waals surface area contributed by atoms with Crippen molar-refractivity contribution >= 4 is 23.1 Å². The van der Waals surface area contributed by atoms with Crippen LogP contribution in [0.15, 0.2) is 12.4 Å². The van der Waals surface area contributed by atoms with Crippen LogP contribution in [-0.2, 0) is 13.0 Å². The lowest BCUT2D eigenvalue weighted by atomic mass is 10.2. The van der Waals surface area contributed by atoms with Crippen molar-refractivity contribution in [1.29, 1.82) is 0 Å². The van der Waals surface area contributed by atoms with E-state index in [9.17, 15) is 4.79 Å². The van der Waals surface area contributed by atoms with Crippen molar-refractivity contribution in [3.8, 4) is 0 Å². The first kappa shape index (κ1) is 13.5. The molecule has 102 valence electrons. The molecule has 0 saturated heterocycles. The van der Waals surface area contributed by atoms with Crippen LogP contribution in [0.25, 0.3) is 0 Å². The van der Waals surface area contributed by atoms with Gasteiger partial charge < -0.3 is 11.1 Å². The number of carbonyl (C=O) groups is 1. The van der Waals surface area contributed by atoms with Gasteiger partial charge in [0.05, 0.1) is 24.1 Å². The molecule has 2 rings (SSSR count). The first-order valence-electron chi connectivity index (χ1n) is 6.08. The van der Waals surface area contributed by atoms with E-state index in [-0.39, 0.29) is 5.91 Å². The van der Waals surface area contributed by atoms with E-state index in [0.717, 1.165) is 30.1 Å². The number of hydrogen-bond acceptors (Lipinski definition) is 6. The van der Waals surface area contributed by atoms with Gasteiger partial charge in [0.2, 0.25) is 0 Å². The molecule has 0 aliphatic heterocycles. The Labute approximate surface area is 115 Å². The highest BCUT2D eigenvalue weighted by molar-refractivity contribution is 7.08. The minimum absolute atomic E-state index is 0.126. The van der Waals surface area contributed by atoms with Crippen molar-refractivity contribution in [2.75, 3.05) is 12.3 Å². The Bertz CT molecular complexity index is 549. The molecular formula is C11H16N6OS. The van der Waals surface area contributed by atoms with E-state index >= 15 is 0 Å². The van der Waals surface area contributed by atoms with Crippen LogP contribution < -0.4 is 11.1 Å². The number of nitrogen functional groups attached to an aromatic ring is 1. The molecule has 0 spiro atoms. The highest BCUT2D eigenvalue weighted by atomic mass is 32.1. The zero-order chi connectivity index (χ0) is 13.7. The number of amides is 1. The molecule has 0 bridgehead atoms. The SMILES string of the molecule is CCCc1nnsc1C(=O)NCCn1cc(N)cn1. The van der Waals surface area contributed by atoms with E-state index in [4.69, 9.17) is 5.73 Å². The number of anilines is 1. The summed E-state index contributed by atoms with van der Waals surface area (Å²) >= 11 is 1.13. The Balaban J connectivity index is 1.85. The monoisotopic (exact) mass is 280 g/mol. The molecular weight excluding hydrogens is 264 g/mol. The molecule has 0 radical (unpaired) electrons. The molecule has 0 saturated carbocycles. The van der Waals surface area contributed by atoms with Crippen molar-refractivity contribution in [1.82, 2.24) is 24.7 Å². The van der Waals surface area contributed by atoms with Crippen LogP contribution >= 0.6 is 11.5 Å². The number of nitrogens with one attached hydrogen (secondary N) is 1. The second-order valence-electron chi connectivity index (χ2n) is 4.09. The molecule has 2 aromatic rings. The topological polar surface area (TPSA) is 98.7 Å². The maximum atomic E-state index is 12.0. The van der Waals surface area contributed by atoms with Gasteiger partial charge in [-0.15, -0.1) is 5.10 Å². The Morgan fingerprint density at radius 3 is 3.11 bits per heavy atom. The van der Waals surface area contributed by atoms with E-state index in [1.807, 2.05) is 6.92 Å². The van der Waals surface area contributed by atoms with Crippen molar-refractivity contribution in [3.05, 3.63) is 23.0 Å². The number of rotatable bonds is 6. The Morgan fingerprint density at radius 2 is 2.42 bits per heavy atom. The molecule has 1 amide bonds. The van der Waals surface area contributed by atoms with Gasteiger partial charge in [0.25, 0.3) is 5.91 Å². The molecule has 0 aliphatic carbocycles. The smallest absolute Gasteiger partial charge is 0.265 e. The van der Waals surface area contributed by atoms with Gasteiger partial charge in [0.15, 0.2) is 0 Å². The van der Waals surface area contributed by atoms with Gasteiger partial charge in [-0.2, -0.15) is 5.10 Å². The molecule has 0 aromatic carbocycles. The van der Waals surface area contributed by atoms with Crippen LogP contribution in [-0.4, -0.2) is 31.8 Å². The molecule has 3 N–H and O–H groups in total. The first-order chi connectivity index (χ1) is 9.20. The third-order valence-corrected chi connectivity index (χ3v) is 3.30. The summed E-state index contributed by atoms with van der Waals surface area (Å²) in [4.78, 5) is 12.6. The second kappa shape index (κ2) is 6.28. The maximum Gasteiger partial charge on any atom is 0.265 e. The molecule has 0 aliphatic rings. The van der Waals surface area contributed by atoms with E-state index in [0.29, 0.717) is 23.7 Å². The summed E-state index contributed by atoms with van der Waals surface area (Å²) in [6.45, 7) is 3.12. The van der Waals surface area contributed by atoms with E-state index in [2.05, 4.69) is 20.0 Å². The number of aryl methyl sites for hydroxylation is 1. The van der Waals surface area contributed by atoms with Crippen molar-refractivity contribution in [2.45, 2.75) is 26.3 Å². The van der Waals surface area contributed by atoms with Crippen LogP contribution in [0.5, 0.6) is 0 Å². The van der Waals surface area contributed by atoms with Crippen LogP contribution in [0.2, 0.25) is 0 Å². The Kier molecular flexibility index (Phi) is 4.45. The molecule has 19 heavy (non-hydrogen) atoms. The standard InChI is InChI=1S/C11H16N6OS/c1-2-3-9-10(19-16-15-9)11(18)13-4-5-17-7-8(12)6-14-17/h6-7H,2-5,12H2,1H3,(H,13,18). The van der Waals surface area contributed by atoms with Gasteiger partial charge >= 0.3 is 0 Å². The normalized spacial score (nSPS) is 10.6. The van der Waals surface area contributed by atoms with Gasteiger partial charge in [0, 0.05) is 12.7 Å². The fraction of sp³-hybridized carbons (Fsp3) is 0.455. The van der Waals surface area contributed by atoms with E-state index < -0.39 is 0 Å². The summed E-state index contributed by atoms with van der Waals surface area (Å²) in [6, 6.07) is 0. The average Bonchev–Trinajstić information content (AvgIpc) is 2.99. The zero-order valence-electron chi connectivity index (χ0n) is 10.7. The van der Waals surface area contributed by atoms with E-state index in [1.165, 1.54) is 0 Å². The van der Waals surface area contributed by atoms with Crippen LogP contribution in [0, 0.1) is 0 Å². The fourth-order valence-electron chi connectivity index (χ4n) is 1.65. The predicted octanol–water partition coefficient (Wildman–Crippen LogP) is 0.699. The van der Waals surface area contributed by atoms with Gasteiger partial charge in [-0.3, -0.25) is 9.48 Å². The maximum absolute atomic E-state index is 12.0. The Morgan fingerprint density at radius 1 is 1.58 bits per heavy atom. The molecule has 0 unspecified atom stereocenters. The van der Waals surface area contributed by atoms with Gasteiger partial charge in [0.1, 0.15) is 4.88 Å². The van der Waals surface area contributed by atoms with Gasteiger partial charge in [-0.25, -0.2) is 0 Å². The van der Waals surface area contributed by atoms with Crippen LogP contribution in [0.3, 0.4) is 0 Å². The number of nitrogens with two attached hydrogens (primary N) is 1. The highest BCUT2D eigenvalue weighted by Gasteiger charge is 2.14. The van der Waals surface area contributed by atoms with E-state index in [1.54, 1.807) is 17.1 Å². The molecule has 2 heterocycles. The van der Waals surface area contributed by atoms with Crippen molar-refractivity contribution in [3.63, 3.8) is 0 Å². The molecule has 0 atom stereocenters. The summed E-state index contributed by atoms with van der Waals surface area (Å²) in [5.41, 5.74) is 6.94. The molecule has 7 nitrogen and oxygen atoms in total. The van der Waals surface area contributed by atoms with Gasteiger partial charge in [-0.05, 0) is 18.0 Å². The second-order valence-corrected chi connectivity index (χ2v) is 4.85. The minimum atomic E-state index is -0.126. The summed E-state index contributed by atoms with van der Waals surface area (Å²) < 4.78 is 5.52. The number of hydrogen-bond donors (Lipinski definition) is 2. The zero-order valence-corrected chi connectivity index (χ0v) is 11.5.